The highest BCUT2D eigenvalue weighted by Crippen LogP contribution is 2.22. The van der Waals surface area contributed by atoms with Crippen LogP contribution in [0.4, 0.5) is 0 Å². The first-order valence-electron chi connectivity index (χ1n) is 6.89. The molecular formula is C13H21N3O4S. The quantitative estimate of drug-likeness (QED) is 0.549. The van der Waals surface area contributed by atoms with Crippen molar-refractivity contribution in [2.75, 3.05) is 12.4 Å². The largest absolute Gasteiger partial charge is 0.481 e. The molecule has 118 valence electrons. The van der Waals surface area contributed by atoms with E-state index >= 15 is 0 Å². The molecule has 0 aromatic carbocycles. The van der Waals surface area contributed by atoms with Crippen molar-refractivity contribution in [2.24, 2.45) is 0 Å². The van der Waals surface area contributed by atoms with E-state index in [1.807, 2.05) is 18.4 Å². The van der Waals surface area contributed by atoms with Gasteiger partial charge in [0.05, 0.1) is 12.4 Å². The van der Waals surface area contributed by atoms with Gasteiger partial charge in [0.2, 0.25) is 0 Å². The Balaban J connectivity index is 2.69. The maximum Gasteiger partial charge on any atom is 0.313 e. The number of carbonyl (C=O) groups excluding carboxylic acids is 1. The van der Waals surface area contributed by atoms with Crippen LogP contribution in [0.2, 0.25) is 0 Å². The lowest BCUT2D eigenvalue weighted by Crippen LogP contribution is -2.11. The minimum Gasteiger partial charge on any atom is -0.481 e. The number of carboxylic acids is 1. The molecule has 8 heteroatoms. The Labute approximate surface area is 128 Å². The van der Waals surface area contributed by atoms with Crippen LogP contribution in [0.5, 0.6) is 0 Å². The lowest BCUT2D eigenvalue weighted by Gasteiger charge is -2.11. The number of aromatic nitrogens is 3. The van der Waals surface area contributed by atoms with Gasteiger partial charge in [-0.2, -0.15) is 0 Å². The fraction of sp³-hybridized carbons (Fsp3) is 0.692. The Morgan fingerprint density at radius 2 is 2.10 bits per heavy atom. The zero-order valence-electron chi connectivity index (χ0n) is 12.5. The number of ether oxygens (including phenoxy) is 1. The van der Waals surface area contributed by atoms with Gasteiger partial charge in [-0.25, -0.2) is 0 Å². The molecule has 0 saturated carbocycles. The third-order valence-electron chi connectivity index (χ3n) is 2.65. The first kappa shape index (κ1) is 17.5. The van der Waals surface area contributed by atoms with E-state index in [4.69, 9.17) is 9.84 Å². The van der Waals surface area contributed by atoms with Gasteiger partial charge in [-0.05, 0) is 13.3 Å². The Morgan fingerprint density at radius 3 is 2.67 bits per heavy atom. The monoisotopic (exact) mass is 315 g/mol. The highest BCUT2D eigenvalue weighted by molar-refractivity contribution is 7.99. The lowest BCUT2D eigenvalue weighted by molar-refractivity contribution is -0.143. The summed E-state index contributed by atoms with van der Waals surface area (Å²) in [7, 11) is 0. The van der Waals surface area contributed by atoms with Crippen molar-refractivity contribution >= 4 is 23.7 Å². The summed E-state index contributed by atoms with van der Waals surface area (Å²) < 4.78 is 6.77. The standard InChI is InChI=1S/C13H21N3O4S/c1-4-20-11(19)6-5-7-16-12(9(2)3)14-15-13(16)21-8-10(17)18/h9H,4-8H2,1-3H3,(H,17,18). The first-order valence-corrected chi connectivity index (χ1v) is 7.87. The Kier molecular flexibility index (Phi) is 7.21. The van der Waals surface area contributed by atoms with Crippen LogP contribution in [-0.4, -0.2) is 44.2 Å². The molecule has 0 saturated heterocycles. The van der Waals surface area contributed by atoms with Crippen LogP contribution in [-0.2, 0) is 20.9 Å². The molecule has 0 bridgehead atoms. The summed E-state index contributed by atoms with van der Waals surface area (Å²) in [5, 5.41) is 17.5. The Bertz CT molecular complexity index is 488. The maximum absolute atomic E-state index is 11.3. The molecule has 0 aliphatic heterocycles. The molecule has 7 nitrogen and oxygen atoms in total. The zero-order valence-corrected chi connectivity index (χ0v) is 13.4. The summed E-state index contributed by atoms with van der Waals surface area (Å²) in [5.74, 6) is -0.205. The molecule has 0 aliphatic rings. The van der Waals surface area contributed by atoms with Crippen LogP contribution in [0, 0.1) is 0 Å². The van der Waals surface area contributed by atoms with Crippen LogP contribution < -0.4 is 0 Å². The molecular weight excluding hydrogens is 294 g/mol. The molecule has 1 aromatic rings. The number of aliphatic carboxylic acids is 1. The van der Waals surface area contributed by atoms with E-state index in [0.29, 0.717) is 31.1 Å². The van der Waals surface area contributed by atoms with Gasteiger partial charge in [-0.15, -0.1) is 10.2 Å². The van der Waals surface area contributed by atoms with Gasteiger partial charge < -0.3 is 14.4 Å². The number of carboxylic acid groups (broad SMARTS) is 1. The second kappa shape index (κ2) is 8.66. The van der Waals surface area contributed by atoms with E-state index in [0.717, 1.165) is 17.6 Å². The topological polar surface area (TPSA) is 94.3 Å². The molecule has 0 radical (unpaired) electrons. The number of nitrogens with zero attached hydrogens (tertiary/aromatic N) is 3. The highest BCUT2D eigenvalue weighted by atomic mass is 32.2. The van der Waals surface area contributed by atoms with Crippen molar-refractivity contribution < 1.29 is 19.4 Å². The van der Waals surface area contributed by atoms with Gasteiger partial charge in [0.1, 0.15) is 5.82 Å². The average Bonchev–Trinajstić information content (AvgIpc) is 2.80. The van der Waals surface area contributed by atoms with Crippen molar-refractivity contribution in [3.05, 3.63) is 5.82 Å². The van der Waals surface area contributed by atoms with Crippen molar-refractivity contribution in [1.29, 1.82) is 0 Å². The molecule has 1 N–H and O–H groups in total. The van der Waals surface area contributed by atoms with Crippen LogP contribution in [0.15, 0.2) is 5.16 Å². The van der Waals surface area contributed by atoms with Gasteiger partial charge in [0, 0.05) is 18.9 Å². The number of thioether (sulfide) groups is 1. The third kappa shape index (κ3) is 5.74. The highest BCUT2D eigenvalue weighted by Gasteiger charge is 2.16. The van der Waals surface area contributed by atoms with E-state index in [-0.39, 0.29) is 17.6 Å². The number of esters is 1. The summed E-state index contributed by atoms with van der Waals surface area (Å²) in [4.78, 5) is 22.0. The van der Waals surface area contributed by atoms with Gasteiger partial charge in [-0.1, -0.05) is 25.6 Å². The number of hydrogen-bond donors (Lipinski definition) is 1. The van der Waals surface area contributed by atoms with Crippen molar-refractivity contribution in [2.45, 2.75) is 51.2 Å². The summed E-state index contributed by atoms with van der Waals surface area (Å²) in [6.45, 7) is 6.72. The van der Waals surface area contributed by atoms with Gasteiger partial charge >= 0.3 is 11.9 Å². The average molecular weight is 315 g/mol. The molecule has 0 fully saturated rings. The zero-order chi connectivity index (χ0) is 15.8. The molecule has 0 unspecified atom stereocenters. The van der Waals surface area contributed by atoms with Gasteiger partial charge in [0.15, 0.2) is 5.16 Å². The predicted octanol–water partition coefficient (Wildman–Crippen LogP) is 1.92. The third-order valence-corrected chi connectivity index (χ3v) is 3.61. The molecule has 1 rings (SSSR count). The lowest BCUT2D eigenvalue weighted by atomic mass is 10.2. The summed E-state index contributed by atoms with van der Waals surface area (Å²) in [5.41, 5.74) is 0. The minimum absolute atomic E-state index is 0.0614. The molecule has 1 aromatic heterocycles. The van der Waals surface area contributed by atoms with E-state index < -0.39 is 5.97 Å². The fourth-order valence-electron chi connectivity index (χ4n) is 1.79. The van der Waals surface area contributed by atoms with Crippen molar-refractivity contribution in [3.63, 3.8) is 0 Å². The van der Waals surface area contributed by atoms with E-state index in [1.54, 1.807) is 6.92 Å². The molecule has 21 heavy (non-hydrogen) atoms. The van der Waals surface area contributed by atoms with Crippen LogP contribution >= 0.6 is 11.8 Å². The predicted molar refractivity (Wildman–Crippen MR) is 78.3 cm³/mol. The molecule has 0 spiro atoms. The molecule has 0 amide bonds. The normalized spacial score (nSPS) is 10.9. The smallest absolute Gasteiger partial charge is 0.313 e. The van der Waals surface area contributed by atoms with Crippen molar-refractivity contribution in [3.8, 4) is 0 Å². The Morgan fingerprint density at radius 1 is 1.38 bits per heavy atom. The van der Waals surface area contributed by atoms with Crippen LogP contribution in [0.1, 0.15) is 45.4 Å². The maximum atomic E-state index is 11.3. The van der Waals surface area contributed by atoms with Crippen LogP contribution in [0.3, 0.4) is 0 Å². The van der Waals surface area contributed by atoms with Crippen molar-refractivity contribution in [1.82, 2.24) is 14.8 Å². The molecule has 0 atom stereocenters. The van der Waals surface area contributed by atoms with Crippen LogP contribution in [0.25, 0.3) is 0 Å². The van der Waals surface area contributed by atoms with Gasteiger partial charge in [-0.3, -0.25) is 9.59 Å². The second-order valence-electron chi connectivity index (χ2n) is 4.74. The number of hydrogen-bond acceptors (Lipinski definition) is 6. The van der Waals surface area contributed by atoms with E-state index in [9.17, 15) is 9.59 Å². The first-order chi connectivity index (χ1) is 9.95. The summed E-state index contributed by atoms with van der Waals surface area (Å²) in [6, 6.07) is 0. The molecule has 0 aliphatic carbocycles. The van der Waals surface area contributed by atoms with E-state index in [2.05, 4.69) is 10.2 Å². The molecule has 1 heterocycles. The number of rotatable bonds is 9. The van der Waals surface area contributed by atoms with Gasteiger partial charge in [0.25, 0.3) is 0 Å². The summed E-state index contributed by atoms with van der Waals surface area (Å²) >= 11 is 1.14. The summed E-state index contributed by atoms with van der Waals surface area (Å²) in [6.07, 6.45) is 0.934. The van der Waals surface area contributed by atoms with E-state index in [1.165, 1.54) is 0 Å². The number of carbonyl (C=O) groups is 2. The SMILES string of the molecule is CCOC(=O)CCCn1c(SCC(=O)O)nnc1C(C)C. The Hall–Kier alpha value is -1.57. The fourth-order valence-corrected chi connectivity index (χ4v) is 2.48. The second-order valence-corrected chi connectivity index (χ2v) is 5.68. The minimum atomic E-state index is -0.896.